The third-order valence-corrected chi connectivity index (χ3v) is 5.56. The maximum atomic E-state index is 5.01. The van der Waals surface area contributed by atoms with Gasteiger partial charge in [0, 0.05) is 62.6 Å². The van der Waals surface area contributed by atoms with Crippen molar-refractivity contribution in [2.75, 3.05) is 42.5 Å². The predicted octanol–water partition coefficient (Wildman–Crippen LogP) is 3.67. The first-order valence-electron chi connectivity index (χ1n) is 10.4. The van der Waals surface area contributed by atoms with E-state index in [0.717, 1.165) is 50.7 Å². The highest BCUT2D eigenvalue weighted by Gasteiger charge is 2.19. The Balaban J connectivity index is 1.45. The molecule has 2 aromatic heterocycles. The summed E-state index contributed by atoms with van der Waals surface area (Å²) in [5.41, 5.74) is 3.80. The molecule has 0 saturated carbocycles. The Morgan fingerprint density at radius 2 is 1.71 bits per heavy atom. The maximum Gasteiger partial charge on any atom is 0.142 e. The molecular formula is C23H31N5. The highest BCUT2D eigenvalue weighted by Crippen LogP contribution is 2.24. The number of aromatic nitrogens is 2. The number of piperazine rings is 1. The number of pyridine rings is 1. The molecule has 148 valence electrons. The molecule has 0 atom stereocenters. The fraction of sp³-hybridized carbons (Fsp3) is 0.435. The lowest BCUT2D eigenvalue weighted by molar-refractivity contribution is 0.546. The van der Waals surface area contributed by atoms with Gasteiger partial charge in [0.2, 0.25) is 0 Å². The van der Waals surface area contributed by atoms with E-state index in [1.54, 1.807) is 0 Å². The zero-order valence-electron chi connectivity index (χ0n) is 17.2. The monoisotopic (exact) mass is 377 g/mol. The van der Waals surface area contributed by atoms with Gasteiger partial charge in [-0.15, -0.1) is 0 Å². The molecule has 28 heavy (non-hydrogen) atoms. The topological polar surface area (TPSA) is 36.3 Å². The van der Waals surface area contributed by atoms with Crippen LogP contribution in [0.25, 0.3) is 11.0 Å². The second-order valence-corrected chi connectivity index (χ2v) is 7.96. The molecule has 1 aromatic carbocycles. The summed E-state index contributed by atoms with van der Waals surface area (Å²) in [5, 5.41) is 4.70. The molecule has 4 rings (SSSR count). The molecule has 0 aliphatic carbocycles. The van der Waals surface area contributed by atoms with E-state index in [1.165, 1.54) is 16.6 Å². The minimum atomic E-state index is 0.509. The van der Waals surface area contributed by atoms with Crippen molar-refractivity contribution in [3.8, 4) is 0 Å². The Hall–Kier alpha value is -2.53. The van der Waals surface area contributed by atoms with E-state index >= 15 is 0 Å². The van der Waals surface area contributed by atoms with Crippen LogP contribution in [0.2, 0.25) is 0 Å². The van der Waals surface area contributed by atoms with Crippen LogP contribution in [0.1, 0.15) is 19.4 Å². The van der Waals surface area contributed by atoms with E-state index in [0.29, 0.717) is 6.04 Å². The van der Waals surface area contributed by atoms with Crippen molar-refractivity contribution in [1.82, 2.24) is 14.9 Å². The number of hydrogen-bond acceptors (Lipinski definition) is 4. The van der Waals surface area contributed by atoms with Crippen molar-refractivity contribution in [3.05, 3.63) is 54.2 Å². The largest absolute Gasteiger partial charge is 0.368 e. The van der Waals surface area contributed by atoms with E-state index in [9.17, 15) is 0 Å². The molecule has 1 aliphatic rings. The zero-order valence-corrected chi connectivity index (χ0v) is 17.2. The molecule has 1 aliphatic heterocycles. The molecule has 3 aromatic rings. The second kappa shape index (κ2) is 8.23. The van der Waals surface area contributed by atoms with E-state index in [1.807, 2.05) is 0 Å². The van der Waals surface area contributed by atoms with Gasteiger partial charge < -0.3 is 19.7 Å². The number of benzene rings is 1. The Labute approximate surface area is 168 Å². The summed E-state index contributed by atoms with van der Waals surface area (Å²) >= 11 is 0. The molecule has 1 fully saturated rings. The molecule has 0 amide bonds. The minimum Gasteiger partial charge on any atom is -0.368 e. The summed E-state index contributed by atoms with van der Waals surface area (Å²) < 4.78 is 2.26. The van der Waals surface area contributed by atoms with Gasteiger partial charge in [-0.05, 0) is 36.8 Å². The standard InChI is InChI=1S/C23H31N5/c1-18(2)24-11-13-28-12-10-20-8-9-22(25-23(20)28)27-16-14-26(15-17-27)21-7-5-4-6-19(21)3/h4-10,12,18,24H,11,13-17H2,1-3H3. The number of anilines is 2. The van der Waals surface area contributed by atoms with Crippen molar-refractivity contribution < 1.29 is 0 Å². The molecule has 0 bridgehead atoms. The minimum absolute atomic E-state index is 0.509. The summed E-state index contributed by atoms with van der Waals surface area (Å²) in [6.07, 6.45) is 2.15. The van der Waals surface area contributed by atoms with Gasteiger partial charge in [-0.1, -0.05) is 32.0 Å². The molecular weight excluding hydrogens is 346 g/mol. The Bertz CT molecular complexity index is 922. The van der Waals surface area contributed by atoms with Gasteiger partial charge in [-0.3, -0.25) is 0 Å². The van der Waals surface area contributed by atoms with E-state index in [-0.39, 0.29) is 0 Å². The van der Waals surface area contributed by atoms with E-state index in [4.69, 9.17) is 4.98 Å². The Morgan fingerprint density at radius 3 is 2.46 bits per heavy atom. The predicted molar refractivity (Wildman–Crippen MR) is 118 cm³/mol. The highest BCUT2D eigenvalue weighted by molar-refractivity contribution is 5.78. The number of fused-ring (bicyclic) bond motifs is 1. The van der Waals surface area contributed by atoms with Crippen LogP contribution in [0, 0.1) is 6.92 Å². The second-order valence-electron chi connectivity index (χ2n) is 7.96. The lowest BCUT2D eigenvalue weighted by atomic mass is 10.1. The van der Waals surface area contributed by atoms with Crippen molar-refractivity contribution >= 4 is 22.5 Å². The van der Waals surface area contributed by atoms with Gasteiger partial charge in [-0.25, -0.2) is 4.98 Å². The SMILES string of the molecule is Cc1ccccc1N1CCN(c2ccc3ccn(CCNC(C)C)c3n2)CC1. The van der Waals surface area contributed by atoms with Crippen LogP contribution >= 0.6 is 0 Å². The fourth-order valence-corrected chi connectivity index (χ4v) is 3.98. The molecule has 5 heteroatoms. The first-order chi connectivity index (χ1) is 13.6. The van der Waals surface area contributed by atoms with Crippen LogP contribution in [0.4, 0.5) is 11.5 Å². The molecule has 1 saturated heterocycles. The van der Waals surface area contributed by atoms with Crippen molar-refractivity contribution in [3.63, 3.8) is 0 Å². The summed E-state index contributed by atoms with van der Waals surface area (Å²) in [6, 6.07) is 15.7. The lowest BCUT2D eigenvalue weighted by Gasteiger charge is -2.37. The number of aryl methyl sites for hydroxylation is 1. The lowest BCUT2D eigenvalue weighted by Crippen LogP contribution is -2.47. The average molecular weight is 378 g/mol. The van der Waals surface area contributed by atoms with Gasteiger partial charge in [-0.2, -0.15) is 0 Å². The molecule has 1 N–H and O–H groups in total. The number of nitrogens with one attached hydrogen (secondary N) is 1. The summed E-state index contributed by atoms with van der Waals surface area (Å²) in [7, 11) is 0. The van der Waals surface area contributed by atoms with Gasteiger partial charge in [0.15, 0.2) is 0 Å². The first-order valence-corrected chi connectivity index (χ1v) is 10.4. The number of rotatable bonds is 6. The van der Waals surface area contributed by atoms with E-state index < -0.39 is 0 Å². The Morgan fingerprint density at radius 1 is 0.964 bits per heavy atom. The molecule has 3 heterocycles. The van der Waals surface area contributed by atoms with Crippen LogP contribution in [0.3, 0.4) is 0 Å². The van der Waals surface area contributed by atoms with E-state index in [2.05, 4.69) is 89.1 Å². The van der Waals surface area contributed by atoms with Crippen LogP contribution in [-0.4, -0.2) is 48.3 Å². The average Bonchev–Trinajstić information content (AvgIpc) is 3.11. The number of para-hydroxylation sites is 1. The van der Waals surface area contributed by atoms with Gasteiger partial charge in [0.1, 0.15) is 11.5 Å². The fourth-order valence-electron chi connectivity index (χ4n) is 3.98. The third kappa shape index (κ3) is 3.99. The van der Waals surface area contributed by atoms with Crippen LogP contribution in [-0.2, 0) is 6.54 Å². The van der Waals surface area contributed by atoms with Gasteiger partial charge >= 0.3 is 0 Å². The van der Waals surface area contributed by atoms with Crippen molar-refractivity contribution in [1.29, 1.82) is 0 Å². The smallest absolute Gasteiger partial charge is 0.142 e. The summed E-state index contributed by atoms with van der Waals surface area (Å²) in [6.45, 7) is 12.5. The number of hydrogen-bond donors (Lipinski definition) is 1. The normalized spacial score (nSPS) is 15.0. The zero-order chi connectivity index (χ0) is 19.5. The van der Waals surface area contributed by atoms with Crippen LogP contribution in [0.5, 0.6) is 0 Å². The Kier molecular flexibility index (Phi) is 5.53. The molecule has 0 unspecified atom stereocenters. The van der Waals surface area contributed by atoms with Crippen LogP contribution in [0.15, 0.2) is 48.7 Å². The molecule has 0 spiro atoms. The van der Waals surface area contributed by atoms with Gasteiger partial charge in [0.05, 0.1) is 0 Å². The number of nitrogens with zero attached hydrogens (tertiary/aromatic N) is 4. The third-order valence-electron chi connectivity index (χ3n) is 5.56. The summed E-state index contributed by atoms with van der Waals surface area (Å²) in [4.78, 5) is 9.92. The molecule has 5 nitrogen and oxygen atoms in total. The van der Waals surface area contributed by atoms with Crippen LogP contribution < -0.4 is 15.1 Å². The quantitative estimate of drug-likeness (QED) is 0.711. The molecule has 0 radical (unpaired) electrons. The van der Waals surface area contributed by atoms with Crippen molar-refractivity contribution in [2.45, 2.75) is 33.4 Å². The first kappa shape index (κ1) is 18.8. The maximum absolute atomic E-state index is 5.01. The highest BCUT2D eigenvalue weighted by atomic mass is 15.3. The van der Waals surface area contributed by atoms with Gasteiger partial charge in [0.25, 0.3) is 0 Å². The summed E-state index contributed by atoms with van der Waals surface area (Å²) in [5.74, 6) is 1.09. The van der Waals surface area contributed by atoms with Crippen molar-refractivity contribution in [2.24, 2.45) is 0 Å².